The van der Waals surface area contributed by atoms with Crippen LogP contribution in [0, 0.1) is 0 Å². The van der Waals surface area contributed by atoms with Gasteiger partial charge in [-0.15, -0.1) is 11.3 Å². The Bertz CT molecular complexity index is 1520. The fourth-order valence-electron chi connectivity index (χ4n) is 4.79. The van der Waals surface area contributed by atoms with E-state index in [1.54, 1.807) is 41.8 Å². The van der Waals surface area contributed by atoms with Crippen LogP contribution < -0.4 is 5.32 Å². The van der Waals surface area contributed by atoms with Gasteiger partial charge in [0.15, 0.2) is 5.65 Å². The van der Waals surface area contributed by atoms with Crippen LogP contribution in [0.5, 0.6) is 0 Å². The Labute approximate surface area is 212 Å². The second-order valence-corrected chi connectivity index (χ2v) is 9.78. The molecule has 0 radical (unpaired) electrons. The third-order valence-electron chi connectivity index (χ3n) is 6.65. The van der Waals surface area contributed by atoms with E-state index in [1.807, 2.05) is 0 Å². The number of fused-ring (bicyclic) bond motifs is 1. The number of amides is 3. The van der Waals surface area contributed by atoms with Crippen LogP contribution in [-0.4, -0.2) is 55.6 Å². The van der Waals surface area contributed by atoms with E-state index >= 15 is 0 Å². The zero-order chi connectivity index (χ0) is 26.4. The molecular formula is C25H21F3N5O3S+. The fraction of sp³-hybridized carbons (Fsp3) is 0.240. The Morgan fingerprint density at radius 3 is 2.65 bits per heavy atom. The van der Waals surface area contributed by atoms with Gasteiger partial charge in [0.05, 0.1) is 28.9 Å². The number of quaternary nitrogens is 1. The molecule has 12 heteroatoms. The first-order chi connectivity index (χ1) is 17.6. The molecule has 1 aliphatic heterocycles. The lowest BCUT2D eigenvalue weighted by atomic mass is 10.1. The molecule has 0 spiro atoms. The monoisotopic (exact) mass is 528 g/mol. The second-order valence-electron chi connectivity index (χ2n) is 8.83. The highest BCUT2D eigenvalue weighted by molar-refractivity contribution is 7.12. The number of nitrogens with one attached hydrogen (secondary N) is 1. The van der Waals surface area contributed by atoms with E-state index in [9.17, 15) is 27.6 Å². The Morgan fingerprint density at radius 2 is 1.97 bits per heavy atom. The molecular weight excluding hydrogens is 507 g/mol. The van der Waals surface area contributed by atoms with E-state index in [4.69, 9.17) is 0 Å². The lowest BCUT2D eigenvalue weighted by Crippen LogP contribution is -2.64. The van der Waals surface area contributed by atoms with Gasteiger partial charge in [0.25, 0.3) is 0 Å². The van der Waals surface area contributed by atoms with Crippen molar-refractivity contribution in [2.75, 3.05) is 11.9 Å². The number of hydrogen-bond donors (Lipinski definition) is 1. The molecule has 8 nitrogen and oxygen atoms in total. The number of hydrogen-bond acceptors (Lipinski definition) is 6. The maximum absolute atomic E-state index is 13.4. The number of thiophene rings is 1. The molecule has 5 rings (SSSR count). The highest BCUT2D eigenvalue weighted by Gasteiger charge is 2.62. The van der Waals surface area contributed by atoms with E-state index in [0.717, 1.165) is 0 Å². The third-order valence-corrected chi connectivity index (χ3v) is 7.52. The number of carbonyl (C=O) groups is 3. The zero-order valence-corrected chi connectivity index (χ0v) is 20.3. The summed E-state index contributed by atoms with van der Waals surface area (Å²) in [4.78, 5) is 43.2. The summed E-state index contributed by atoms with van der Waals surface area (Å²) in [6, 6.07) is 9.80. The molecule has 1 fully saturated rings. The van der Waals surface area contributed by atoms with Gasteiger partial charge < -0.3 is 0 Å². The lowest BCUT2D eigenvalue weighted by Gasteiger charge is -2.33. The highest BCUT2D eigenvalue weighted by atomic mass is 32.1. The number of anilines is 1. The summed E-state index contributed by atoms with van der Waals surface area (Å²) in [6.07, 6.45) is -1.52. The lowest BCUT2D eigenvalue weighted by molar-refractivity contribution is -0.788. The molecule has 0 bridgehead atoms. The summed E-state index contributed by atoms with van der Waals surface area (Å²) >= 11 is 1.31. The maximum atomic E-state index is 13.4. The number of aromatic nitrogens is 3. The van der Waals surface area contributed by atoms with Gasteiger partial charge >= 0.3 is 18.1 Å². The number of rotatable bonds is 4. The maximum Gasteiger partial charge on any atom is 0.510 e. The van der Waals surface area contributed by atoms with E-state index in [2.05, 4.69) is 15.4 Å². The summed E-state index contributed by atoms with van der Waals surface area (Å²) in [5.41, 5.74) is 2.02. The standard InChI is InChI=1S/C25H20F3N5O3S/c1-15-5-3-11-33(15,23(35)25(26,27)28)24(36)31-17-7-2-6-16(13-17)19-9-10-29-22-18(14-30-32(19)22)21(34)20-8-4-12-37-20/h2,4,6-10,12-15H,3,5,11H2,1H3/p+1/t15-,33?/m1/s1. The molecule has 1 aliphatic rings. The topological polar surface area (TPSA) is 93.4 Å². The molecule has 1 unspecified atom stereocenters. The molecule has 37 heavy (non-hydrogen) atoms. The van der Waals surface area contributed by atoms with Crippen LogP contribution >= 0.6 is 11.3 Å². The SMILES string of the molecule is C[C@@H]1CCC[N+]1(C(=O)Nc1cccc(-c2ccnc3c(C(=O)c4cccs4)cnn23)c1)C(=O)C(F)(F)F. The molecule has 1 aromatic carbocycles. The minimum absolute atomic E-state index is 0.209. The number of urea groups is 1. The van der Waals surface area contributed by atoms with Crippen molar-refractivity contribution in [3.63, 3.8) is 0 Å². The van der Waals surface area contributed by atoms with Crippen molar-refractivity contribution in [3.05, 3.63) is 70.7 Å². The first-order valence-corrected chi connectivity index (χ1v) is 12.3. The summed E-state index contributed by atoms with van der Waals surface area (Å²) in [5.74, 6) is -2.28. The average Bonchev–Trinajstić information content (AvgIpc) is 3.63. The van der Waals surface area contributed by atoms with Crippen molar-refractivity contribution < 1.29 is 32.0 Å². The van der Waals surface area contributed by atoms with Crippen LogP contribution in [0.3, 0.4) is 0 Å². The summed E-state index contributed by atoms with van der Waals surface area (Å²) < 4.78 is 40.4. The van der Waals surface area contributed by atoms with Gasteiger partial charge in [-0.3, -0.25) is 10.1 Å². The molecule has 1 saturated heterocycles. The largest absolute Gasteiger partial charge is 0.510 e. The number of ketones is 1. The van der Waals surface area contributed by atoms with Crippen LogP contribution in [0.25, 0.3) is 16.9 Å². The molecule has 4 heterocycles. The molecule has 3 amide bonds. The van der Waals surface area contributed by atoms with Gasteiger partial charge in [0.2, 0.25) is 5.78 Å². The van der Waals surface area contributed by atoms with Gasteiger partial charge in [-0.25, -0.2) is 19.1 Å². The zero-order valence-electron chi connectivity index (χ0n) is 19.5. The van der Waals surface area contributed by atoms with Gasteiger partial charge in [-0.05, 0) is 36.6 Å². The Hall–Kier alpha value is -3.90. The smallest absolute Gasteiger partial charge is 0.287 e. The second kappa shape index (κ2) is 9.20. The minimum atomic E-state index is -5.14. The van der Waals surface area contributed by atoms with Crippen molar-refractivity contribution >= 4 is 40.4 Å². The van der Waals surface area contributed by atoms with Crippen molar-refractivity contribution in [2.45, 2.75) is 32.0 Å². The predicted molar refractivity (Wildman–Crippen MR) is 130 cm³/mol. The van der Waals surface area contributed by atoms with Crippen LogP contribution in [0.15, 0.2) is 60.2 Å². The van der Waals surface area contributed by atoms with Crippen LogP contribution in [0.1, 0.15) is 35.0 Å². The van der Waals surface area contributed by atoms with Crippen LogP contribution in [0.4, 0.5) is 23.7 Å². The van der Waals surface area contributed by atoms with Crippen molar-refractivity contribution in [1.82, 2.24) is 14.6 Å². The number of alkyl halides is 3. The van der Waals surface area contributed by atoms with Gasteiger partial charge in [0, 0.05) is 30.3 Å². The van der Waals surface area contributed by atoms with Crippen LogP contribution in [-0.2, 0) is 4.79 Å². The van der Waals surface area contributed by atoms with E-state index in [1.165, 1.54) is 41.2 Å². The normalized spacial score (nSPS) is 19.7. The number of carbonyl (C=O) groups excluding carboxylic acids is 3. The number of imide groups is 1. The van der Waals surface area contributed by atoms with E-state index in [0.29, 0.717) is 40.2 Å². The Morgan fingerprint density at radius 1 is 1.16 bits per heavy atom. The number of halogens is 3. The average molecular weight is 529 g/mol. The molecule has 0 saturated carbocycles. The highest BCUT2D eigenvalue weighted by Crippen LogP contribution is 2.35. The molecule has 4 aromatic rings. The van der Waals surface area contributed by atoms with Crippen LogP contribution in [0.2, 0.25) is 0 Å². The first-order valence-electron chi connectivity index (χ1n) is 11.5. The number of benzene rings is 1. The minimum Gasteiger partial charge on any atom is -0.287 e. The molecule has 1 N–H and O–H groups in total. The number of likely N-dealkylation sites (tertiary alicyclic amines) is 1. The predicted octanol–water partition coefficient (Wildman–Crippen LogP) is 5.31. The van der Waals surface area contributed by atoms with Crippen molar-refractivity contribution in [1.29, 1.82) is 0 Å². The Kier molecular flexibility index (Phi) is 6.16. The molecule has 2 atom stereocenters. The molecule has 3 aromatic heterocycles. The van der Waals surface area contributed by atoms with Crippen molar-refractivity contribution in [2.24, 2.45) is 0 Å². The summed E-state index contributed by atoms with van der Waals surface area (Å²) in [7, 11) is 0. The summed E-state index contributed by atoms with van der Waals surface area (Å²) in [5, 5.41) is 8.65. The molecule has 0 aliphatic carbocycles. The van der Waals surface area contributed by atoms with Gasteiger partial charge in [-0.2, -0.15) is 22.8 Å². The van der Waals surface area contributed by atoms with E-state index in [-0.39, 0.29) is 18.0 Å². The number of nitrogens with zero attached hydrogens (tertiary/aromatic N) is 4. The summed E-state index contributed by atoms with van der Waals surface area (Å²) in [6.45, 7) is 1.26. The Balaban J connectivity index is 1.48. The van der Waals surface area contributed by atoms with Crippen molar-refractivity contribution in [3.8, 4) is 11.3 Å². The quantitative estimate of drug-likeness (QED) is 0.286. The third kappa shape index (κ3) is 4.21. The van der Waals surface area contributed by atoms with Gasteiger partial charge in [0.1, 0.15) is 6.04 Å². The first kappa shape index (κ1) is 24.8. The molecule has 190 valence electrons. The van der Waals surface area contributed by atoms with E-state index < -0.39 is 28.6 Å². The fourth-order valence-corrected chi connectivity index (χ4v) is 5.47. The van der Waals surface area contributed by atoms with Gasteiger partial charge in [-0.1, -0.05) is 18.2 Å².